The van der Waals surface area contributed by atoms with Gasteiger partial charge in [0.05, 0.1) is 5.92 Å². The molecule has 0 aliphatic carbocycles. The molecular formula is C16H18N2O5. The molecule has 0 aromatic heterocycles. The zero-order chi connectivity index (χ0) is 16.6. The number of nitrogens with one attached hydrogen (secondary N) is 1. The second kappa shape index (κ2) is 5.66. The lowest BCUT2D eigenvalue weighted by Crippen LogP contribution is -2.52. The van der Waals surface area contributed by atoms with Crippen LogP contribution in [0.1, 0.15) is 30.7 Å². The van der Waals surface area contributed by atoms with Crippen molar-refractivity contribution in [3.8, 4) is 0 Å². The summed E-state index contributed by atoms with van der Waals surface area (Å²) in [5.41, 5.74) is -0.351. The van der Waals surface area contributed by atoms with Gasteiger partial charge in [-0.05, 0) is 11.6 Å². The van der Waals surface area contributed by atoms with Gasteiger partial charge in [0.2, 0.25) is 11.8 Å². The Morgan fingerprint density at radius 1 is 1.22 bits per heavy atom. The van der Waals surface area contributed by atoms with Crippen LogP contribution in [-0.4, -0.2) is 51.6 Å². The predicted molar refractivity (Wildman–Crippen MR) is 80.8 cm³/mol. The van der Waals surface area contributed by atoms with E-state index in [-0.39, 0.29) is 44.2 Å². The number of hydrogen-bond donors (Lipinski definition) is 3. The summed E-state index contributed by atoms with van der Waals surface area (Å²) in [6.07, 6.45) is 0.0683. The van der Waals surface area contributed by atoms with E-state index in [1.54, 1.807) is 12.1 Å². The molecule has 1 unspecified atom stereocenters. The van der Waals surface area contributed by atoms with Crippen molar-refractivity contribution in [2.24, 2.45) is 0 Å². The van der Waals surface area contributed by atoms with Crippen LogP contribution in [0.5, 0.6) is 0 Å². The van der Waals surface area contributed by atoms with Crippen LogP contribution in [0.4, 0.5) is 5.69 Å². The minimum absolute atomic E-state index is 0.00532. The number of carboxylic acids is 1. The summed E-state index contributed by atoms with van der Waals surface area (Å²) in [5, 5.41) is 21.7. The number of fused-ring (bicyclic) bond motifs is 1. The third-order valence-electron chi connectivity index (χ3n) is 4.60. The van der Waals surface area contributed by atoms with Crippen LogP contribution in [0.3, 0.4) is 0 Å². The lowest BCUT2D eigenvalue weighted by molar-refractivity contribution is -0.165. The van der Waals surface area contributed by atoms with Gasteiger partial charge in [-0.25, -0.2) is 4.79 Å². The van der Waals surface area contributed by atoms with E-state index in [1.807, 2.05) is 12.1 Å². The molecule has 3 rings (SSSR count). The van der Waals surface area contributed by atoms with Crippen molar-refractivity contribution in [2.75, 3.05) is 18.4 Å². The predicted octanol–water partition coefficient (Wildman–Crippen LogP) is 0.550. The minimum Gasteiger partial charge on any atom is -0.479 e. The van der Waals surface area contributed by atoms with Gasteiger partial charge in [-0.2, -0.15) is 0 Å². The van der Waals surface area contributed by atoms with E-state index in [0.29, 0.717) is 5.69 Å². The second-order valence-corrected chi connectivity index (χ2v) is 6.05. The summed E-state index contributed by atoms with van der Waals surface area (Å²) in [6, 6.07) is 7.18. The Bertz CT molecular complexity index is 664. The number of carbonyl (C=O) groups is 3. The lowest BCUT2D eigenvalue weighted by Gasteiger charge is -2.37. The molecule has 122 valence electrons. The topological polar surface area (TPSA) is 107 Å². The van der Waals surface area contributed by atoms with Crippen molar-refractivity contribution in [2.45, 2.75) is 30.8 Å². The maximum absolute atomic E-state index is 12.8. The van der Waals surface area contributed by atoms with Crippen LogP contribution in [0, 0.1) is 0 Å². The molecular weight excluding hydrogens is 300 g/mol. The highest BCUT2D eigenvalue weighted by Crippen LogP contribution is 2.34. The number of likely N-dealkylation sites (tertiary alicyclic amines) is 1. The molecule has 2 amide bonds. The van der Waals surface area contributed by atoms with Crippen LogP contribution in [0.2, 0.25) is 0 Å². The van der Waals surface area contributed by atoms with Crippen LogP contribution in [0.15, 0.2) is 24.3 Å². The highest BCUT2D eigenvalue weighted by Gasteiger charge is 2.42. The van der Waals surface area contributed by atoms with Gasteiger partial charge < -0.3 is 20.4 Å². The first-order valence-electron chi connectivity index (χ1n) is 7.54. The summed E-state index contributed by atoms with van der Waals surface area (Å²) in [4.78, 5) is 37.2. The average Bonchev–Trinajstić information content (AvgIpc) is 2.54. The molecule has 3 N–H and O–H groups in total. The fourth-order valence-electron chi connectivity index (χ4n) is 3.16. The molecule has 0 bridgehead atoms. The van der Waals surface area contributed by atoms with Crippen LogP contribution in [-0.2, 0) is 14.4 Å². The summed E-state index contributed by atoms with van der Waals surface area (Å²) < 4.78 is 0. The Balaban J connectivity index is 1.77. The number of rotatable bonds is 2. The van der Waals surface area contributed by atoms with Crippen molar-refractivity contribution in [1.29, 1.82) is 0 Å². The van der Waals surface area contributed by atoms with Crippen molar-refractivity contribution < 1.29 is 24.6 Å². The average molecular weight is 318 g/mol. The number of hydrogen-bond acceptors (Lipinski definition) is 4. The quantitative estimate of drug-likeness (QED) is 0.738. The lowest BCUT2D eigenvalue weighted by atomic mass is 9.87. The molecule has 0 spiro atoms. The first-order chi connectivity index (χ1) is 10.9. The van der Waals surface area contributed by atoms with Crippen molar-refractivity contribution in [3.05, 3.63) is 29.8 Å². The minimum atomic E-state index is -1.77. The molecule has 1 aromatic carbocycles. The highest BCUT2D eigenvalue weighted by atomic mass is 16.4. The summed E-state index contributed by atoms with van der Waals surface area (Å²) in [5.74, 6) is -2.22. The van der Waals surface area contributed by atoms with Crippen molar-refractivity contribution in [1.82, 2.24) is 4.90 Å². The molecule has 1 aromatic rings. The number of para-hydroxylation sites is 1. The Morgan fingerprint density at radius 2 is 1.87 bits per heavy atom. The Kier molecular flexibility index (Phi) is 3.81. The third kappa shape index (κ3) is 2.79. The molecule has 1 atom stereocenters. The molecule has 7 nitrogen and oxygen atoms in total. The van der Waals surface area contributed by atoms with E-state index in [0.717, 1.165) is 5.56 Å². The Hall–Kier alpha value is -2.41. The number of nitrogens with zero attached hydrogens (tertiary/aromatic N) is 1. The number of aliphatic hydroxyl groups is 1. The Morgan fingerprint density at radius 3 is 2.52 bits per heavy atom. The summed E-state index contributed by atoms with van der Waals surface area (Å²) >= 11 is 0. The van der Waals surface area contributed by atoms with Gasteiger partial charge >= 0.3 is 5.97 Å². The van der Waals surface area contributed by atoms with E-state index in [4.69, 9.17) is 5.11 Å². The van der Waals surface area contributed by atoms with Crippen molar-refractivity contribution >= 4 is 23.5 Å². The number of anilines is 1. The normalized spacial score (nSPS) is 22.9. The molecule has 2 heterocycles. The van der Waals surface area contributed by atoms with Gasteiger partial charge in [0.1, 0.15) is 0 Å². The number of carboxylic acid groups (broad SMARTS) is 1. The molecule has 2 aliphatic heterocycles. The van der Waals surface area contributed by atoms with E-state index < -0.39 is 17.5 Å². The standard InChI is InChI=1S/C16H18N2O5/c19-13-9-11(10-3-1-2-4-12(10)17-13)14(20)18-7-5-16(23,6-8-18)15(21)22/h1-4,11,23H,5-9H2,(H,17,19)(H,21,22). The van der Waals surface area contributed by atoms with Gasteiger partial charge in [-0.3, -0.25) is 9.59 Å². The van der Waals surface area contributed by atoms with Crippen LogP contribution < -0.4 is 5.32 Å². The number of benzene rings is 1. The maximum Gasteiger partial charge on any atom is 0.335 e. The SMILES string of the molecule is O=C1CC(C(=O)N2CCC(O)(C(=O)O)CC2)c2ccccc2N1. The zero-order valence-electron chi connectivity index (χ0n) is 12.5. The molecule has 1 saturated heterocycles. The maximum atomic E-state index is 12.8. The second-order valence-electron chi connectivity index (χ2n) is 6.05. The molecule has 7 heteroatoms. The first kappa shape index (κ1) is 15.5. The Labute approximate surface area is 132 Å². The van der Waals surface area contributed by atoms with Crippen LogP contribution >= 0.6 is 0 Å². The van der Waals surface area contributed by atoms with Crippen molar-refractivity contribution in [3.63, 3.8) is 0 Å². The molecule has 0 saturated carbocycles. The van der Waals surface area contributed by atoms with Gasteiger partial charge in [-0.15, -0.1) is 0 Å². The molecule has 2 aliphatic rings. The first-order valence-corrected chi connectivity index (χ1v) is 7.54. The van der Waals surface area contributed by atoms with E-state index >= 15 is 0 Å². The monoisotopic (exact) mass is 318 g/mol. The molecule has 1 fully saturated rings. The fourth-order valence-corrected chi connectivity index (χ4v) is 3.16. The number of carbonyl (C=O) groups excluding carboxylic acids is 2. The highest BCUT2D eigenvalue weighted by molar-refractivity contribution is 6.01. The largest absolute Gasteiger partial charge is 0.479 e. The summed E-state index contributed by atoms with van der Waals surface area (Å²) in [7, 11) is 0. The summed E-state index contributed by atoms with van der Waals surface area (Å²) in [6.45, 7) is 0.337. The third-order valence-corrected chi connectivity index (χ3v) is 4.60. The van der Waals surface area contributed by atoms with Gasteiger partial charge in [-0.1, -0.05) is 18.2 Å². The fraction of sp³-hybridized carbons (Fsp3) is 0.438. The van der Waals surface area contributed by atoms with Gasteiger partial charge in [0, 0.05) is 38.0 Å². The van der Waals surface area contributed by atoms with Crippen LogP contribution in [0.25, 0.3) is 0 Å². The number of piperidine rings is 1. The molecule has 23 heavy (non-hydrogen) atoms. The number of aliphatic carboxylic acids is 1. The van der Waals surface area contributed by atoms with E-state index in [2.05, 4.69) is 5.32 Å². The van der Waals surface area contributed by atoms with E-state index in [9.17, 15) is 19.5 Å². The zero-order valence-corrected chi connectivity index (χ0v) is 12.5. The molecule has 0 radical (unpaired) electrons. The number of amides is 2. The smallest absolute Gasteiger partial charge is 0.335 e. The van der Waals surface area contributed by atoms with Gasteiger partial charge in [0.25, 0.3) is 0 Å². The van der Waals surface area contributed by atoms with Gasteiger partial charge in [0.15, 0.2) is 5.60 Å². The van der Waals surface area contributed by atoms with E-state index in [1.165, 1.54) is 4.90 Å².